The second-order valence-corrected chi connectivity index (χ2v) is 4.89. The van der Waals surface area contributed by atoms with E-state index in [4.69, 9.17) is 0 Å². The van der Waals surface area contributed by atoms with Crippen molar-refractivity contribution in [2.45, 2.75) is 42.7 Å². The molecule has 0 radical (unpaired) electrons. The maximum absolute atomic E-state index is 3.55. The monoisotopic (exact) mass is 239 g/mol. The van der Waals surface area contributed by atoms with Crippen molar-refractivity contribution >= 4 is 22.6 Å². The molecule has 1 rings (SSSR count). The van der Waals surface area contributed by atoms with Crippen molar-refractivity contribution in [3.8, 4) is 0 Å². The van der Waals surface area contributed by atoms with Gasteiger partial charge in [0.05, 0.1) is 0 Å². The molecule has 0 amide bonds. The second-order valence-electron chi connectivity index (χ2n) is 2.93. The van der Waals surface area contributed by atoms with Gasteiger partial charge in [-0.15, -0.1) is 0 Å². The van der Waals surface area contributed by atoms with E-state index in [2.05, 4.69) is 41.8 Å². The summed E-state index contributed by atoms with van der Waals surface area (Å²) in [5, 5.41) is 3.55. The van der Waals surface area contributed by atoms with E-state index in [1.54, 1.807) is 0 Å². The van der Waals surface area contributed by atoms with Crippen molar-refractivity contribution in [1.82, 2.24) is 5.32 Å². The first-order valence-corrected chi connectivity index (χ1v) is 4.85. The van der Waals surface area contributed by atoms with Gasteiger partial charge in [0.1, 0.15) is 0 Å². The Labute approximate surface area is 70.7 Å². The number of rotatable bonds is 1. The van der Waals surface area contributed by atoms with Gasteiger partial charge in [0, 0.05) is 16.0 Å². The zero-order valence-corrected chi connectivity index (χ0v) is 8.18. The predicted octanol–water partition coefficient (Wildman–Crippen LogP) is 1.95. The molecule has 1 saturated heterocycles. The number of nitrogens with one attached hydrogen (secondary N) is 1. The van der Waals surface area contributed by atoms with E-state index in [9.17, 15) is 0 Å². The van der Waals surface area contributed by atoms with Gasteiger partial charge in [-0.2, -0.15) is 0 Å². The number of hydrogen-bond acceptors (Lipinski definition) is 1. The van der Waals surface area contributed by atoms with Crippen molar-refractivity contribution in [2.75, 3.05) is 0 Å². The lowest BCUT2D eigenvalue weighted by Gasteiger charge is -2.13. The summed E-state index contributed by atoms with van der Waals surface area (Å²) in [5.41, 5.74) is 0. The summed E-state index contributed by atoms with van der Waals surface area (Å²) in [5.74, 6) is 0. The van der Waals surface area contributed by atoms with Crippen LogP contribution in [-0.4, -0.2) is 16.0 Å². The maximum atomic E-state index is 3.55. The van der Waals surface area contributed by atoms with E-state index < -0.39 is 0 Å². The first-order chi connectivity index (χ1) is 4.20. The number of halogens is 1. The van der Waals surface area contributed by atoms with Crippen LogP contribution in [-0.2, 0) is 0 Å². The summed E-state index contributed by atoms with van der Waals surface area (Å²) in [7, 11) is 0. The highest BCUT2D eigenvalue weighted by molar-refractivity contribution is 14.1. The van der Waals surface area contributed by atoms with Crippen LogP contribution in [0.25, 0.3) is 0 Å². The van der Waals surface area contributed by atoms with Crippen LogP contribution < -0.4 is 5.32 Å². The van der Waals surface area contributed by atoms with Crippen molar-refractivity contribution in [3.05, 3.63) is 0 Å². The minimum absolute atomic E-state index is 0.757. The summed E-state index contributed by atoms with van der Waals surface area (Å²) < 4.78 is 0.785. The SMILES string of the molecule is CC1CCC(C(C)I)N1. The Morgan fingerprint density at radius 3 is 2.44 bits per heavy atom. The normalized spacial score (nSPS) is 39.0. The molecule has 1 N–H and O–H groups in total. The molecule has 1 aliphatic rings. The van der Waals surface area contributed by atoms with Gasteiger partial charge in [-0.3, -0.25) is 0 Å². The van der Waals surface area contributed by atoms with Crippen LogP contribution >= 0.6 is 22.6 Å². The molecule has 9 heavy (non-hydrogen) atoms. The van der Waals surface area contributed by atoms with Gasteiger partial charge in [0.25, 0.3) is 0 Å². The standard InChI is InChI=1S/C7H14IN/c1-5-3-4-7(9-5)6(2)8/h5-7,9H,3-4H2,1-2H3. The van der Waals surface area contributed by atoms with Gasteiger partial charge >= 0.3 is 0 Å². The maximum Gasteiger partial charge on any atom is 0.0235 e. The van der Waals surface area contributed by atoms with E-state index in [1.165, 1.54) is 12.8 Å². The first-order valence-electron chi connectivity index (χ1n) is 3.60. The van der Waals surface area contributed by atoms with E-state index in [0.717, 1.165) is 16.0 Å². The van der Waals surface area contributed by atoms with Crippen LogP contribution in [0.15, 0.2) is 0 Å². The number of hydrogen-bond donors (Lipinski definition) is 1. The molecular formula is C7H14IN. The molecule has 0 aromatic rings. The minimum Gasteiger partial charge on any atom is -0.310 e. The summed E-state index contributed by atoms with van der Waals surface area (Å²) in [6.07, 6.45) is 2.73. The molecule has 1 aliphatic heterocycles. The Hall–Kier alpha value is 0.690. The van der Waals surface area contributed by atoms with E-state index in [1.807, 2.05) is 0 Å². The Kier molecular flexibility index (Phi) is 2.76. The van der Waals surface area contributed by atoms with Gasteiger partial charge < -0.3 is 5.32 Å². The molecule has 0 spiro atoms. The van der Waals surface area contributed by atoms with E-state index in [0.29, 0.717) is 0 Å². The predicted molar refractivity (Wildman–Crippen MR) is 49.1 cm³/mol. The highest BCUT2D eigenvalue weighted by Gasteiger charge is 2.22. The highest BCUT2D eigenvalue weighted by atomic mass is 127. The molecule has 3 atom stereocenters. The van der Waals surface area contributed by atoms with Gasteiger partial charge in [0.2, 0.25) is 0 Å². The van der Waals surface area contributed by atoms with Crippen LogP contribution in [0.1, 0.15) is 26.7 Å². The minimum atomic E-state index is 0.757. The lowest BCUT2D eigenvalue weighted by Crippen LogP contribution is -2.32. The fraction of sp³-hybridized carbons (Fsp3) is 1.00. The van der Waals surface area contributed by atoms with Gasteiger partial charge in [-0.1, -0.05) is 29.5 Å². The zero-order valence-electron chi connectivity index (χ0n) is 6.02. The van der Waals surface area contributed by atoms with Crippen molar-refractivity contribution < 1.29 is 0 Å². The molecule has 54 valence electrons. The molecule has 1 heterocycles. The van der Waals surface area contributed by atoms with Gasteiger partial charge in [-0.05, 0) is 19.8 Å². The third-order valence-corrected chi connectivity index (χ3v) is 2.83. The Bertz CT molecular complexity index is 92.9. The van der Waals surface area contributed by atoms with Crippen LogP contribution in [0.2, 0.25) is 0 Å². The van der Waals surface area contributed by atoms with Crippen molar-refractivity contribution in [3.63, 3.8) is 0 Å². The first kappa shape index (κ1) is 7.79. The second kappa shape index (κ2) is 3.19. The van der Waals surface area contributed by atoms with Gasteiger partial charge in [-0.25, -0.2) is 0 Å². The molecule has 2 heteroatoms. The third-order valence-electron chi connectivity index (χ3n) is 1.96. The summed E-state index contributed by atoms with van der Waals surface area (Å²) in [6, 6.07) is 1.54. The summed E-state index contributed by atoms with van der Waals surface area (Å²) in [4.78, 5) is 0. The largest absolute Gasteiger partial charge is 0.310 e. The van der Waals surface area contributed by atoms with E-state index >= 15 is 0 Å². The average molecular weight is 239 g/mol. The molecule has 1 fully saturated rings. The van der Waals surface area contributed by atoms with Crippen LogP contribution in [0.3, 0.4) is 0 Å². The molecule has 0 bridgehead atoms. The smallest absolute Gasteiger partial charge is 0.0235 e. The fourth-order valence-electron chi connectivity index (χ4n) is 1.32. The Morgan fingerprint density at radius 1 is 1.56 bits per heavy atom. The van der Waals surface area contributed by atoms with Crippen LogP contribution in [0.5, 0.6) is 0 Å². The molecule has 0 aromatic heterocycles. The molecule has 1 nitrogen and oxygen atoms in total. The Balaban J connectivity index is 2.30. The summed E-state index contributed by atoms with van der Waals surface area (Å²) in [6.45, 7) is 4.54. The van der Waals surface area contributed by atoms with Crippen LogP contribution in [0, 0.1) is 0 Å². The van der Waals surface area contributed by atoms with Crippen LogP contribution in [0.4, 0.5) is 0 Å². The lowest BCUT2D eigenvalue weighted by molar-refractivity contribution is 0.566. The molecule has 3 unspecified atom stereocenters. The zero-order chi connectivity index (χ0) is 6.85. The third kappa shape index (κ3) is 2.08. The van der Waals surface area contributed by atoms with Crippen molar-refractivity contribution in [2.24, 2.45) is 0 Å². The van der Waals surface area contributed by atoms with Gasteiger partial charge in [0.15, 0.2) is 0 Å². The topological polar surface area (TPSA) is 12.0 Å². The molecular weight excluding hydrogens is 225 g/mol. The summed E-state index contributed by atoms with van der Waals surface area (Å²) >= 11 is 2.49. The highest BCUT2D eigenvalue weighted by Crippen LogP contribution is 2.18. The average Bonchev–Trinajstić information content (AvgIpc) is 2.14. The quantitative estimate of drug-likeness (QED) is 0.544. The molecule has 0 aliphatic carbocycles. The lowest BCUT2D eigenvalue weighted by atomic mass is 10.2. The number of alkyl halides is 1. The Morgan fingerprint density at radius 2 is 2.22 bits per heavy atom. The van der Waals surface area contributed by atoms with Crippen molar-refractivity contribution in [1.29, 1.82) is 0 Å². The molecule has 0 saturated carbocycles. The fourth-order valence-corrected chi connectivity index (χ4v) is 1.89. The van der Waals surface area contributed by atoms with E-state index in [-0.39, 0.29) is 0 Å². The molecule has 0 aromatic carbocycles.